The Hall–Kier alpha value is -2.43. The smallest absolute Gasteiger partial charge is 0.328 e. The van der Waals surface area contributed by atoms with Crippen LogP contribution in [0.5, 0.6) is 0 Å². The fourth-order valence-electron chi connectivity index (χ4n) is 3.56. The van der Waals surface area contributed by atoms with E-state index < -0.39 is 5.97 Å². The molecule has 0 atom stereocenters. The van der Waals surface area contributed by atoms with Crippen LogP contribution < -0.4 is 10.4 Å². The van der Waals surface area contributed by atoms with Gasteiger partial charge in [-0.05, 0) is 65.8 Å². The van der Waals surface area contributed by atoms with Crippen molar-refractivity contribution in [3.05, 3.63) is 67.7 Å². The van der Waals surface area contributed by atoms with E-state index in [0.29, 0.717) is 0 Å². The molecule has 1 aromatic heterocycles. The van der Waals surface area contributed by atoms with E-state index in [9.17, 15) is 4.79 Å². The Balaban J connectivity index is 1.91. The summed E-state index contributed by atoms with van der Waals surface area (Å²) in [6, 6.07) is 10.6. The summed E-state index contributed by atoms with van der Waals surface area (Å²) >= 11 is 1.68. The Morgan fingerprint density at radius 2 is 1.85 bits per heavy atom. The van der Waals surface area contributed by atoms with Crippen LogP contribution >= 0.6 is 11.3 Å². The van der Waals surface area contributed by atoms with E-state index in [1.165, 1.54) is 38.1 Å². The number of aliphatic carboxylic acids is 1. The van der Waals surface area contributed by atoms with Gasteiger partial charge in [-0.1, -0.05) is 29.8 Å². The molecule has 4 heteroatoms. The topological polar surface area (TPSA) is 40.5 Å². The maximum atomic E-state index is 10.9. The van der Waals surface area contributed by atoms with Crippen molar-refractivity contribution in [3.63, 3.8) is 0 Å². The predicted octanol–water partition coefficient (Wildman–Crippen LogP) is 2.95. The molecule has 26 heavy (non-hydrogen) atoms. The molecule has 0 saturated carbocycles. The summed E-state index contributed by atoms with van der Waals surface area (Å²) < 4.78 is 0. The zero-order valence-corrected chi connectivity index (χ0v) is 15.6. The van der Waals surface area contributed by atoms with Gasteiger partial charge in [0.1, 0.15) is 0 Å². The first-order valence-corrected chi connectivity index (χ1v) is 9.66. The number of nitrogens with zero attached hydrogens (tertiary/aromatic N) is 1. The van der Waals surface area contributed by atoms with Crippen molar-refractivity contribution in [2.75, 3.05) is 20.1 Å². The van der Waals surface area contributed by atoms with Crippen LogP contribution in [0.15, 0.2) is 42.0 Å². The van der Waals surface area contributed by atoms with Crippen molar-refractivity contribution >= 4 is 41.1 Å². The van der Waals surface area contributed by atoms with Crippen LogP contribution in [-0.2, 0) is 4.79 Å². The highest BCUT2D eigenvalue weighted by Gasteiger charge is 2.19. The van der Waals surface area contributed by atoms with E-state index in [1.807, 2.05) is 0 Å². The van der Waals surface area contributed by atoms with Crippen molar-refractivity contribution in [2.45, 2.75) is 12.8 Å². The van der Waals surface area contributed by atoms with E-state index in [1.54, 1.807) is 17.4 Å². The zero-order chi connectivity index (χ0) is 18.1. The molecule has 132 valence electrons. The van der Waals surface area contributed by atoms with Crippen molar-refractivity contribution < 1.29 is 9.90 Å². The predicted molar refractivity (Wildman–Crippen MR) is 108 cm³/mol. The molecule has 1 aliphatic carbocycles. The molecule has 2 aromatic rings. The maximum absolute atomic E-state index is 10.9. The SMILES string of the molecule is CN1CCC(=C2C=c3ccccc3=Cc3cc(C=CC(=O)O)sc32)CC1. The molecule has 1 saturated heterocycles. The third kappa shape index (κ3) is 3.43. The molecule has 1 fully saturated rings. The number of hydrogen-bond acceptors (Lipinski definition) is 3. The van der Waals surface area contributed by atoms with Gasteiger partial charge in [-0.2, -0.15) is 0 Å². The van der Waals surface area contributed by atoms with Crippen LogP contribution in [0.4, 0.5) is 0 Å². The zero-order valence-electron chi connectivity index (χ0n) is 14.7. The molecule has 0 unspecified atom stereocenters. The normalized spacial score (nSPS) is 17.3. The van der Waals surface area contributed by atoms with E-state index in [-0.39, 0.29) is 0 Å². The molecule has 1 N–H and O–H groups in total. The molecule has 0 radical (unpaired) electrons. The lowest BCUT2D eigenvalue weighted by molar-refractivity contribution is -0.131. The van der Waals surface area contributed by atoms with Crippen LogP contribution in [0, 0.1) is 0 Å². The van der Waals surface area contributed by atoms with Crippen molar-refractivity contribution in [1.82, 2.24) is 4.90 Å². The highest BCUT2D eigenvalue weighted by Crippen LogP contribution is 2.36. The number of thiophene rings is 1. The summed E-state index contributed by atoms with van der Waals surface area (Å²) in [4.78, 5) is 15.5. The molecular formula is C22H21NO2S. The first-order chi connectivity index (χ1) is 12.6. The Kier molecular flexibility index (Phi) is 4.62. The standard InChI is InChI=1S/C22H21NO2S/c1-23-10-8-15(9-11-23)20-14-17-5-3-2-4-16(17)12-18-13-19(26-22(18)20)6-7-21(24)25/h2-7,12-14H,8-11H2,1H3,(H,24,25). The Labute approximate surface area is 156 Å². The number of benzene rings is 1. The largest absolute Gasteiger partial charge is 0.478 e. The fraction of sp³-hybridized carbons (Fsp3) is 0.227. The molecule has 3 nitrogen and oxygen atoms in total. The van der Waals surface area contributed by atoms with Gasteiger partial charge >= 0.3 is 5.97 Å². The average molecular weight is 363 g/mol. The number of carbonyl (C=O) groups is 1. The minimum Gasteiger partial charge on any atom is -0.478 e. The summed E-state index contributed by atoms with van der Waals surface area (Å²) in [5, 5.41) is 11.4. The van der Waals surface area contributed by atoms with Gasteiger partial charge in [0.05, 0.1) is 0 Å². The summed E-state index contributed by atoms with van der Waals surface area (Å²) in [6.45, 7) is 2.18. The molecular weight excluding hydrogens is 342 g/mol. The van der Waals surface area contributed by atoms with E-state index >= 15 is 0 Å². The number of allylic oxidation sites excluding steroid dienone is 1. The fourth-order valence-corrected chi connectivity index (χ4v) is 4.67. The van der Waals surface area contributed by atoms with E-state index in [4.69, 9.17) is 5.11 Å². The minimum atomic E-state index is -0.914. The quantitative estimate of drug-likeness (QED) is 0.834. The number of fused-ring (bicyclic) bond motifs is 2. The van der Waals surface area contributed by atoms with Crippen LogP contribution in [0.3, 0.4) is 0 Å². The number of likely N-dealkylation sites (tertiary alicyclic amines) is 1. The first kappa shape index (κ1) is 17.0. The molecule has 2 heterocycles. The number of carboxylic acids is 1. The highest BCUT2D eigenvalue weighted by molar-refractivity contribution is 7.14. The lowest BCUT2D eigenvalue weighted by Gasteiger charge is -2.25. The van der Waals surface area contributed by atoms with Gasteiger partial charge in [0.15, 0.2) is 0 Å². The van der Waals surface area contributed by atoms with Crippen LogP contribution in [0.1, 0.15) is 28.2 Å². The summed E-state index contributed by atoms with van der Waals surface area (Å²) in [6.07, 6.45) is 9.62. The molecule has 2 aliphatic rings. The van der Waals surface area contributed by atoms with Gasteiger partial charge in [-0.15, -0.1) is 11.3 Å². The molecule has 0 amide bonds. The third-order valence-electron chi connectivity index (χ3n) is 4.99. The van der Waals surface area contributed by atoms with Gasteiger partial charge in [-0.3, -0.25) is 0 Å². The number of carboxylic acid groups (broad SMARTS) is 1. The highest BCUT2D eigenvalue weighted by atomic mass is 32.1. The number of hydrogen-bond donors (Lipinski definition) is 1. The Bertz CT molecular complexity index is 1030. The van der Waals surface area contributed by atoms with Crippen molar-refractivity contribution in [3.8, 4) is 0 Å². The Morgan fingerprint density at radius 1 is 1.15 bits per heavy atom. The van der Waals surface area contributed by atoms with Crippen LogP contribution in [-0.4, -0.2) is 36.1 Å². The minimum absolute atomic E-state index is 0.914. The lowest BCUT2D eigenvalue weighted by Crippen LogP contribution is -2.27. The summed E-state index contributed by atoms with van der Waals surface area (Å²) in [7, 11) is 2.17. The maximum Gasteiger partial charge on any atom is 0.328 e. The molecule has 1 aromatic carbocycles. The second-order valence-corrected chi connectivity index (χ2v) is 7.93. The molecule has 0 spiro atoms. The van der Waals surface area contributed by atoms with Gasteiger partial charge in [0.2, 0.25) is 0 Å². The summed E-state index contributed by atoms with van der Waals surface area (Å²) in [5.41, 5.74) is 4.02. The molecule has 1 aliphatic heterocycles. The Morgan fingerprint density at radius 3 is 2.54 bits per heavy atom. The van der Waals surface area contributed by atoms with Crippen molar-refractivity contribution in [1.29, 1.82) is 0 Å². The van der Waals surface area contributed by atoms with Crippen molar-refractivity contribution in [2.24, 2.45) is 0 Å². The second-order valence-electron chi connectivity index (χ2n) is 6.84. The molecule has 0 bridgehead atoms. The second kappa shape index (κ2) is 7.06. The lowest BCUT2D eigenvalue weighted by atomic mass is 9.95. The number of rotatable bonds is 2. The number of piperidine rings is 1. The van der Waals surface area contributed by atoms with Gasteiger partial charge < -0.3 is 10.0 Å². The first-order valence-electron chi connectivity index (χ1n) is 8.84. The van der Waals surface area contributed by atoms with Crippen LogP contribution in [0.25, 0.3) is 23.8 Å². The monoisotopic (exact) mass is 363 g/mol. The van der Waals surface area contributed by atoms with E-state index in [2.05, 4.69) is 54.4 Å². The van der Waals surface area contributed by atoms with Gasteiger partial charge in [0.25, 0.3) is 0 Å². The van der Waals surface area contributed by atoms with E-state index in [0.717, 1.165) is 30.8 Å². The van der Waals surface area contributed by atoms with Gasteiger partial charge in [0, 0.05) is 28.9 Å². The molecule has 4 rings (SSSR count). The third-order valence-corrected chi connectivity index (χ3v) is 6.14. The van der Waals surface area contributed by atoms with Crippen LogP contribution in [0.2, 0.25) is 0 Å². The van der Waals surface area contributed by atoms with Gasteiger partial charge in [-0.25, -0.2) is 4.79 Å². The average Bonchev–Trinajstić information content (AvgIpc) is 2.96. The summed E-state index contributed by atoms with van der Waals surface area (Å²) in [5.74, 6) is -0.914.